The van der Waals surface area contributed by atoms with E-state index >= 15 is 0 Å². The highest BCUT2D eigenvalue weighted by molar-refractivity contribution is 7.09. The van der Waals surface area contributed by atoms with Crippen molar-refractivity contribution in [2.75, 3.05) is 13.7 Å². The molecular formula is C47H58N4O8S. The monoisotopic (exact) mass is 838 g/mol. The molecule has 12 nitrogen and oxygen atoms in total. The van der Waals surface area contributed by atoms with Crippen molar-refractivity contribution in [3.8, 4) is 11.1 Å². The molecule has 0 saturated heterocycles. The predicted octanol–water partition coefficient (Wildman–Crippen LogP) is 8.42. The van der Waals surface area contributed by atoms with Crippen LogP contribution in [0.2, 0.25) is 0 Å². The molecule has 320 valence electrons. The molecule has 0 bridgehead atoms. The fourth-order valence-electron chi connectivity index (χ4n) is 7.84. The van der Waals surface area contributed by atoms with Crippen LogP contribution in [0.3, 0.4) is 0 Å². The molecule has 1 aliphatic rings. The summed E-state index contributed by atoms with van der Waals surface area (Å²) in [6, 6.07) is 23.8. The van der Waals surface area contributed by atoms with Gasteiger partial charge >= 0.3 is 18.0 Å². The highest BCUT2D eigenvalue weighted by Crippen LogP contribution is 2.44. The number of aromatic nitrogens is 1. The Balaban J connectivity index is 1.30. The topological polar surface area (TPSA) is 164 Å². The molecule has 1 aliphatic carbocycles. The summed E-state index contributed by atoms with van der Waals surface area (Å²) >= 11 is 1.16. The van der Waals surface area contributed by atoms with Gasteiger partial charge in [-0.05, 0) is 58.4 Å². The smallest absolute Gasteiger partial charge is 0.407 e. The van der Waals surface area contributed by atoms with Crippen LogP contribution in [0.5, 0.6) is 0 Å². The van der Waals surface area contributed by atoms with Crippen molar-refractivity contribution in [3.05, 3.63) is 112 Å². The second kappa shape index (κ2) is 20.1. The Labute approximate surface area is 357 Å². The van der Waals surface area contributed by atoms with Crippen molar-refractivity contribution in [2.24, 2.45) is 17.3 Å². The maximum absolute atomic E-state index is 14.5. The van der Waals surface area contributed by atoms with Crippen LogP contribution in [-0.4, -0.2) is 76.6 Å². The molecule has 3 amide bonds. The normalized spacial score (nSPS) is 14.8. The van der Waals surface area contributed by atoms with Crippen molar-refractivity contribution in [1.82, 2.24) is 20.5 Å². The molecule has 3 aromatic carbocycles. The number of fused-ring (bicyclic) bond motifs is 3. The average molecular weight is 839 g/mol. The molecule has 3 N–H and O–H groups in total. The summed E-state index contributed by atoms with van der Waals surface area (Å²) in [5.41, 5.74) is 4.79. The number of hydrogen-bond acceptors (Lipinski definition) is 9. The lowest BCUT2D eigenvalue weighted by Crippen LogP contribution is -2.57. The van der Waals surface area contributed by atoms with Crippen LogP contribution in [0.4, 0.5) is 4.79 Å². The summed E-state index contributed by atoms with van der Waals surface area (Å²) < 4.78 is 11.7. The van der Waals surface area contributed by atoms with Crippen molar-refractivity contribution in [2.45, 2.75) is 104 Å². The number of nitrogens with one attached hydrogen (secondary N) is 2. The van der Waals surface area contributed by atoms with E-state index in [4.69, 9.17) is 9.47 Å². The number of likely N-dealkylation sites (N-methyl/N-ethyl adjacent to an activating group) is 1. The summed E-state index contributed by atoms with van der Waals surface area (Å²) in [5, 5.41) is 17.4. The maximum atomic E-state index is 14.5. The average Bonchev–Trinajstić information content (AvgIpc) is 3.84. The molecule has 1 aromatic heterocycles. The van der Waals surface area contributed by atoms with Crippen molar-refractivity contribution in [3.63, 3.8) is 0 Å². The Morgan fingerprint density at radius 2 is 1.48 bits per heavy atom. The van der Waals surface area contributed by atoms with E-state index in [1.807, 2.05) is 101 Å². The summed E-state index contributed by atoms with van der Waals surface area (Å²) in [7, 11) is 1.68. The van der Waals surface area contributed by atoms with Crippen molar-refractivity contribution < 1.29 is 38.6 Å². The van der Waals surface area contributed by atoms with Crippen LogP contribution in [0.15, 0.2) is 84.2 Å². The van der Waals surface area contributed by atoms with Gasteiger partial charge in [-0.1, -0.05) is 120 Å². The molecule has 0 unspecified atom stereocenters. The number of esters is 1. The van der Waals surface area contributed by atoms with Crippen molar-refractivity contribution >= 4 is 41.2 Å². The van der Waals surface area contributed by atoms with Crippen molar-refractivity contribution in [1.29, 1.82) is 0 Å². The standard InChI is InChI=1S/C47H58N4O8S/c1-9-47(6,7)41(50-46(57)58-26-37-35-21-15-13-19-33(35)34-20-14-16-22-36(34)37)44(54)51(8)39(28(2)3)25-40(59-30(5)52)43-49-38(27-60-43)42(53)48-32(23-29(4)45(55)56)24-31-17-11-10-12-18-31/h10-22,27-29,32,37,39-41H,9,23-26H2,1-8H3,(H,48,53)(H,50,57)(H,55,56)/t29-,32-,39+,40+,41+/m0/s1. The van der Waals surface area contributed by atoms with Crippen LogP contribution in [0, 0.1) is 17.3 Å². The van der Waals surface area contributed by atoms with Gasteiger partial charge in [-0.3, -0.25) is 19.2 Å². The molecule has 5 atom stereocenters. The summed E-state index contributed by atoms with van der Waals surface area (Å²) in [5.74, 6) is -3.26. The summed E-state index contributed by atoms with van der Waals surface area (Å²) in [6.07, 6.45) is -0.192. The first-order valence-electron chi connectivity index (χ1n) is 20.6. The van der Waals surface area contributed by atoms with Gasteiger partial charge in [0, 0.05) is 43.8 Å². The van der Waals surface area contributed by atoms with E-state index in [0.717, 1.165) is 39.2 Å². The largest absolute Gasteiger partial charge is 0.481 e. The second-order valence-corrected chi connectivity index (χ2v) is 17.6. The number of thiazole rings is 1. The van der Waals surface area contributed by atoms with Gasteiger partial charge in [0.1, 0.15) is 23.4 Å². The number of carbonyl (C=O) groups excluding carboxylic acids is 4. The molecule has 60 heavy (non-hydrogen) atoms. The number of carboxylic acids is 1. The van der Waals surface area contributed by atoms with Gasteiger partial charge in [-0.2, -0.15) is 0 Å². The first kappa shape index (κ1) is 45.5. The fourth-order valence-corrected chi connectivity index (χ4v) is 8.67. The Kier molecular flexibility index (Phi) is 15.3. The predicted molar refractivity (Wildman–Crippen MR) is 232 cm³/mol. The first-order valence-corrected chi connectivity index (χ1v) is 21.5. The number of alkyl carbamates (subject to hydrolysis) is 1. The molecule has 0 aliphatic heterocycles. The number of ether oxygens (including phenoxy) is 2. The number of aliphatic carboxylic acids is 1. The molecule has 5 rings (SSSR count). The van der Waals surface area contributed by atoms with E-state index in [1.54, 1.807) is 24.3 Å². The van der Waals surface area contributed by atoms with Gasteiger partial charge < -0.3 is 30.1 Å². The molecule has 0 spiro atoms. The number of rotatable bonds is 19. The lowest BCUT2D eigenvalue weighted by atomic mass is 9.80. The third-order valence-corrected chi connectivity index (χ3v) is 12.6. The first-order chi connectivity index (χ1) is 28.5. The Morgan fingerprint density at radius 3 is 2.05 bits per heavy atom. The third kappa shape index (κ3) is 11.2. The van der Waals surface area contributed by atoms with E-state index in [0.29, 0.717) is 17.8 Å². The van der Waals surface area contributed by atoms with E-state index < -0.39 is 59.5 Å². The minimum atomic E-state index is -0.955. The van der Waals surface area contributed by atoms with Crippen LogP contribution < -0.4 is 10.6 Å². The molecule has 0 saturated carbocycles. The van der Waals surface area contributed by atoms with Gasteiger partial charge in [-0.15, -0.1) is 11.3 Å². The second-order valence-electron chi connectivity index (χ2n) is 16.7. The Morgan fingerprint density at radius 1 is 0.883 bits per heavy atom. The van der Waals surface area contributed by atoms with E-state index in [1.165, 1.54) is 6.92 Å². The van der Waals surface area contributed by atoms with Crippen LogP contribution >= 0.6 is 11.3 Å². The number of benzene rings is 3. The lowest BCUT2D eigenvalue weighted by molar-refractivity contribution is -0.149. The van der Waals surface area contributed by atoms with E-state index in [-0.39, 0.29) is 42.9 Å². The van der Waals surface area contributed by atoms with E-state index in [9.17, 15) is 29.1 Å². The van der Waals surface area contributed by atoms with Gasteiger partial charge in [0.05, 0.1) is 5.92 Å². The summed E-state index contributed by atoms with van der Waals surface area (Å²) in [6.45, 7) is 12.7. The number of carbonyl (C=O) groups is 5. The summed E-state index contributed by atoms with van der Waals surface area (Å²) in [4.78, 5) is 72.1. The molecule has 13 heteroatoms. The number of carboxylic acid groups (broad SMARTS) is 1. The zero-order chi connectivity index (χ0) is 43.7. The van der Waals surface area contributed by atoms with Crippen LogP contribution in [0.25, 0.3) is 11.1 Å². The van der Waals surface area contributed by atoms with Gasteiger partial charge in [0.25, 0.3) is 5.91 Å². The Hall–Kier alpha value is -5.56. The third-order valence-electron chi connectivity index (χ3n) is 11.7. The molecular weight excluding hydrogens is 781 g/mol. The van der Waals surface area contributed by atoms with Gasteiger partial charge in [0.15, 0.2) is 6.10 Å². The molecule has 1 heterocycles. The maximum Gasteiger partial charge on any atom is 0.407 e. The highest BCUT2D eigenvalue weighted by atomic mass is 32.1. The minimum absolute atomic E-state index is 0.102. The van der Waals surface area contributed by atoms with Crippen LogP contribution in [0.1, 0.15) is 112 Å². The molecule has 4 aromatic rings. The minimum Gasteiger partial charge on any atom is -0.481 e. The SMILES string of the molecule is CCC(C)(C)[C@H](NC(=O)OCC1c2ccccc2-c2ccccc21)C(=O)N(C)[C@H](C[C@@H](OC(C)=O)c1nc(C(=O)N[C@H](Cc2ccccc2)C[C@H](C)C(=O)O)cs1)C(C)C. The molecule has 0 fully saturated rings. The molecule has 0 radical (unpaired) electrons. The zero-order valence-corrected chi connectivity index (χ0v) is 36.6. The fraction of sp³-hybridized carbons (Fsp3) is 0.447. The van der Waals surface area contributed by atoms with E-state index in [2.05, 4.69) is 27.8 Å². The van der Waals surface area contributed by atoms with Gasteiger partial charge in [0.2, 0.25) is 5.91 Å². The number of amides is 3. The van der Waals surface area contributed by atoms with Crippen LogP contribution in [-0.2, 0) is 30.3 Å². The zero-order valence-electron chi connectivity index (χ0n) is 35.8. The number of hydrogen-bond donors (Lipinski definition) is 3. The Bertz CT molecular complexity index is 2090. The lowest BCUT2D eigenvalue weighted by Gasteiger charge is -2.40. The van der Waals surface area contributed by atoms with Gasteiger partial charge in [-0.25, -0.2) is 9.78 Å². The highest BCUT2D eigenvalue weighted by Gasteiger charge is 2.41. The number of nitrogens with zero attached hydrogens (tertiary/aromatic N) is 2. The quantitative estimate of drug-likeness (QED) is 0.0787.